The number of hydrogen-bond acceptors (Lipinski definition) is 7. The van der Waals surface area contributed by atoms with Crippen molar-refractivity contribution in [2.75, 3.05) is 11.5 Å². The van der Waals surface area contributed by atoms with Crippen molar-refractivity contribution in [3.8, 4) is 0 Å². The van der Waals surface area contributed by atoms with Gasteiger partial charge in [-0.15, -0.1) is 0 Å². The molecule has 0 radical (unpaired) electrons. The minimum Gasteiger partial charge on any atom is -0.368 e. The lowest BCUT2D eigenvalue weighted by Crippen LogP contribution is -2.06. The van der Waals surface area contributed by atoms with Gasteiger partial charge in [0, 0.05) is 5.39 Å². The molecule has 0 amide bonds. The molecule has 4 N–H and O–H groups in total. The lowest BCUT2D eigenvalue weighted by Gasteiger charge is -2.08. The molecule has 0 fully saturated rings. The molecule has 3 rings (SSSR count). The zero-order valence-electron chi connectivity index (χ0n) is 12.4. The minimum absolute atomic E-state index is 0.140. The third kappa shape index (κ3) is 2.94. The van der Waals surface area contributed by atoms with E-state index in [1.54, 1.807) is 11.8 Å². The Balaban J connectivity index is 1.89. The Kier molecular flexibility index (Phi) is 3.81. The highest BCUT2D eigenvalue weighted by molar-refractivity contribution is 7.98. The summed E-state index contributed by atoms with van der Waals surface area (Å²) in [7, 11) is 0. The second-order valence-corrected chi connectivity index (χ2v) is 6.00. The second kappa shape index (κ2) is 5.76. The Bertz CT molecular complexity index is 829. The molecule has 6 nitrogen and oxygen atoms in total. The van der Waals surface area contributed by atoms with Crippen LogP contribution >= 0.6 is 11.8 Å². The topological polar surface area (TPSA) is 104 Å². The third-order valence-corrected chi connectivity index (χ3v) is 4.20. The number of thioether (sulfide) groups is 1. The Hall–Kier alpha value is -2.41. The molecule has 0 aliphatic heterocycles. The highest BCUT2D eigenvalue weighted by Crippen LogP contribution is 2.27. The van der Waals surface area contributed by atoms with Gasteiger partial charge in [-0.05, 0) is 31.0 Å². The largest absolute Gasteiger partial charge is 0.368 e. The number of aromatic nitrogens is 4. The van der Waals surface area contributed by atoms with E-state index in [0.717, 1.165) is 16.1 Å². The van der Waals surface area contributed by atoms with Crippen molar-refractivity contribution in [1.29, 1.82) is 0 Å². The summed E-state index contributed by atoms with van der Waals surface area (Å²) in [5, 5.41) is 2.11. The maximum atomic E-state index is 5.58. The minimum atomic E-state index is 0.140. The van der Waals surface area contributed by atoms with Gasteiger partial charge in [0.2, 0.25) is 11.9 Å². The quantitative estimate of drug-likeness (QED) is 0.716. The fraction of sp³-hybridized carbons (Fsp3) is 0.200. The van der Waals surface area contributed by atoms with E-state index >= 15 is 0 Å². The van der Waals surface area contributed by atoms with Crippen LogP contribution in [0.3, 0.4) is 0 Å². The number of nitrogens with two attached hydrogens (primary N) is 2. The number of benzene rings is 1. The van der Waals surface area contributed by atoms with Gasteiger partial charge in [0.05, 0.1) is 16.3 Å². The van der Waals surface area contributed by atoms with E-state index in [1.807, 2.05) is 0 Å². The summed E-state index contributed by atoms with van der Waals surface area (Å²) in [6.07, 6.45) is 0. The number of fused-ring (bicyclic) bond motifs is 1. The van der Waals surface area contributed by atoms with Gasteiger partial charge >= 0.3 is 0 Å². The molecule has 3 aromatic rings. The molecule has 0 saturated heterocycles. The van der Waals surface area contributed by atoms with Crippen LogP contribution in [0.4, 0.5) is 11.9 Å². The first-order valence-corrected chi connectivity index (χ1v) is 7.77. The smallest absolute Gasteiger partial charge is 0.225 e. The summed E-state index contributed by atoms with van der Waals surface area (Å²) in [5.41, 5.74) is 14.6. The summed E-state index contributed by atoms with van der Waals surface area (Å²) in [4.78, 5) is 16.6. The number of nitrogens with zero attached hydrogens (tertiary/aromatic N) is 4. The fourth-order valence-electron chi connectivity index (χ4n) is 2.26. The Labute approximate surface area is 132 Å². The molecule has 0 spiro atoms. The van der Waals surface area contributed by atoms with Crippen LogP contribution in [0.2, 0.25) is 0 Å². The highest BCUT2D eigenvalue weighted by Gasteiger charge is 2.08. The first-order valence-electron chi connectivity index (χ1n) is 6.78. The zero-order valence-corrected chi connectivity index (χ0v) is 13.2. The van der Waals surface area contributed by atoms with E-state index in [2.05, 4.69) is 53.1 Å². The predicted octanol–water partition coefficient (Wildman–Crippen LogP) is 2.49. The van der Waals surface area contributed by atoms with E-state index in [-0.39, 0.29) is 11.9 Å². The van der Waals surface area contributed by atoms with Crippen molar-refractivity contribution >= 4 is 34.6 Å². The first-order chi connectivity index (χ1) is 10.5. The first kappa shape index (κ1) is 14.5. The zero-order chi connectivity index (χ0) is 15.7. The van der Waals surface area contributed by atoms with E-state index in [9.17, 15) is 0 Å². The predicted molar refractivity (Wildman–Crippen MR) is 89.4 cm³/mol. The molecule has 0 atom stereocenters. The van der Waals surface area contributed by atoms with Crippen LogP contribution in [0.15, 0.2) is 29.3 Å². The molecule has 22 heavy (non-hydrogen) atoms. The summed E-state index contributed by atoms with van der Waals surface area (Å²) in [6, 6.07) is 8.28. The number of nitrogen functional groups attached to an aromatic ring is 2. The maximum absolute atomic E-state index is 5.58. The summed E-state index contributed by atoms with van der Waals surface area (Å²) >= 11 is 1.55. The second-order valence-electron chi connectivity index (χ2n) is 5.01. The van der Waals surface area contributed by atoms with Crippen LogP contribution < -0.4 is 11.5 Å². The van der Waals surface area contributed by atoms with Gasteiger partial charge < -0.3 is 11.5 Å². The summed E-state index contributed by atoms with van der Waals surface area (Å²) in [5.74, 6) is 1.38. The van der Waals surface area contributed by atoms with Crippen molar-refractivity contribution in [3.63, 3.8) is 0 Å². The Morgan fingerprint density at radius 1 is 0.955 bits per heavy atom. The van der Waals surface area contributed by atoms with E-state index < -0.39 is 0 Å². The van der Waals surface area contributed by atoms with Crippen LogP contribution in [-0.2, 0) is 5.75 Å². The molecule has 7 heteroatoms. The maximum Gasteiger partial charge on any atom is 0.225 e. The standard InChI is InChI=1S/C15H16N6S/c1-8-4-3-5-10-9(2)6-12(20-13(8)10)22-7-11-18-14(16)21-15(17)19-11/h3-6H,7H2,1-2H3,(H4,16,17,18,19,21). The molecular weight excluding hydrogens is 296 g/mol. The van der Waals surface area contributed by atoms with E-state index in [4.69, 9.17) is 16.5 Å². The Morgan fingerprint density at radius 3 is 2.41 bits per heavy atom. The number of pyridine rings is 1. The molecule has 0 bridgehead atoms. The molecule has 2 aromatic heterocycles. The average Bonchev–Trinajstić information content (AvgIpc) is 2.45. The van der Waals surface area contributed by atoms with Crippen molar-refractivity contribution < 1.29 is 0 Å². The average molecular weight is 312 g/mol. The summed E-state index contributed by atoms with van der Waals surface area (Å²) in [6.45, 7) is 4.16. The molecule has 112 valence electrons. The molecule has 2 heterocycles. The van der Waals surface area contributed by atoms with Crippen LogP contribution in [0.25, 0.3) is 10.9 Å². The van der Waals surface area contributed by atoms with Gasteiger partial charge in [-0.3, -0.25) is 0 Å². The van der Waals surface area contributed by atoms with Crippen molar-refractivity contribution in [2.24, 2.45) is 0 Å². The van der Waals surface area contributed by atoms with Gasteiger partial charge in [0.1, 0.15) is 5.82 Å². The number of para-hydroxylation sites is 1. The molecule has 0 aliphatic rings. The van der Waals surface area contributed by atoms with Gasteiger partial charge in [-0.2, -0.15) is 15.0 Å². The van der Waals surface area contributed by atoms with Crippen LogP contribution in [0, 0.1) is 13.8 Å². The number of anilines is 2. The van der Waals surface area contributed by atoms with E-state index in [1.165, 1.54) is 10.9 Å². The Morgan fingerprint density at radius 2 is 1.68 bits per heavy atom. The van der Waals surface area contributed by atoms with Crippen molar-refractivity contribution in [2.45, 2.75) is 24.6 Å². The van der Waals surface area contributed by atoms with Crippen molar-refractivity contribution in [1.82, 2.24) is 19.9 Å². The number of aryl methyl sites for hydroxylation is 2. The SMILES string of the molecule is Cc1cc(SCc2nc(N)nc(N)n2)nc2c(C)cccc12. The lowest BCUT2D eigenvalue weighted by molar-refractivity contribution is 0.985. The normalized spacial score (nSPS) is 11.0. The van der Waals surface area contributed by atoms with Crippen LogP contribution in [0.1, 0.15) is 17.0 Å². The summed E-state index contributed by atoms with van der Waals surface area (Å²) < 4.78 is 0. The third-order valence-electron chi connectivity index (χ3n) is 3.29. The van der Waals surface area contributed by atoms with Gasteiger partial charge in [0.15, 0.2) is 0 Å². The van der Waals surface area contributed by atoms with Crippen LogP contribution in [-0.4, -0.2) is 19.9 Å². The lowest BCUT2D eigenvalue weighted by atomic mass is 10.1. The van der Waals surface area contributed by atoms with Crippen LogP contribution in [0.5, 0.6) is 0 Å². The number of hydrogen-bond donors (Lipinski definition) is 2. The van der Waals surface area contributed by atoms with Gasteiger partial charge in [-0.25, -0.2) is 4.98 Å². The van der Waals surface area contributed by atoms with Gasteiger partial charge in [0.25, 0.3) is 0 Å². The van der Waals surface area contributed by atoms with E-state index in [0.29, 0.717) is 11.6 Å². The molecule has 1 aromatic carbocycles. The molecule has 0 aliphatic carbocycles. The van der Waals surface area contributed by atoms with Gasteiger partial charge in [-0.1, -0.05) is 30.0 Å². The highest BCUT2D eigenvalue weighted by atomic mass is 32.2. The molecule has 0 saturated carbocycles. The monoisotopic (exact) mass is 312 g/mol. The number of rotatable bonds is 3. The molecule has 0 unspecified atom stereocenters. The molecular formula is C15H16N6S. The van der Waals surface area contributed by atoms with Crippen molar-refractivity contribution in [3.05, 3.63) is 41.2 Å². The fourth-order valence-corrected chi connectivity index (χ4v) is 3.09.